The molecule has 5 heteroatoms. The molecule has 3 aliphatic rings. The molecule has 2 fully saturated rings. The van der Waals surface area contributed by atoms with Gasteiger partial charge in [0.1, 0.15) is 6.54 Å². The van der Waals surface area contributed by atoms with Gasteiger partial charge in [0.15, 0.2) is 0 Å². The van der Waals surface area contributed by atoms with Gasteiger partial charge in [-0.05, 0) is 24.7 Å². The molecule has 1 aliphatic heterocycles. The Labute approximate surface area is 118 Å². The monoisotopic (exact) mass is 276 g/mol. The third-order valence-corrected chi connectivity index (χ3v) is 4.84. The van der Waals surface area contributed by atoms with Gasteiger partial charge in [-0.1, -0.05) is 19.1 Å². The Morgan fingerprint density at radius 2 is 1.80 bits per heavy atom. The van der Waals surface area contributed by atoms with E-state index in [0.29, 0.717) is 6.54 Å². The van der Waals surface area contributed by atoms with Gasteiger partial charge >= 0.3 is 0 Å². The van der Waals surface area contributed by atoms with Crippen LogP contribution in [-0.2, 0) is 14.4 Å². The van der Waals surface area contributed by atoms with E-state index in [9.17, 15) is 14.4 Å². The van der Waals surface area contributed by atoms with Crippen molar-refractivity contribution in [3.8, 4) is 0 Å². The number of allylic oxidation sites excluding steroid dienone is 2. The molecule has 0 aromatic heterocycles. The largest absolute Gasteiger partial charge is 0.344 e. The Morgan fingerprint density at radius 1 is 1.25 bits per heavy atom. The van der Waals surface area contributed by atoms with Crippen molar-refractivity contribution in [2.75, 3.05) is 20.1 Å². The summed E-state index contributed by atoms with van der Waals surface area (Å²) < 4.78 is 0. The van der Waals surface area contributed by atoms with Crippen molar-refractivity contribution in [2.24, 2.45) is 23.7 Å². The van der Waals surface area contributed by atoms with E-state index < -0.39 is 0 Å². The third-order valence-electron chi connectivity index (χ3n) is 4.84. The maximum Gasteiger partial charge on any atom is 0.242 e. The first kappa shape index (κ1) is 13.3. The highest BCUT2D eigenvalue weighted by atomic mass is 16.2. The second kappa shape index (κ2) is 4.72. The number of hydrogen-bond acceptors (Lipinski definition) is 3. The lowest BCUT2D eigenvalue weighted by Crippen LogP contribution is -2.42. The van der Waals surface area contributed by atoms with E-state index in [4.69, 9.17) is 0 Å². The Balaban J connectivity index is 1.72. The number of amides is 3. The second-order valence-electron chi connectivity index (χ2n) is 6.08. The molecule has 0 unspecified atom stereocenters. The zero-order chi connectivity index (χ0) is 14.4. The van der Waals surface area contributed by atoms with E-state index in [2.05, 4.69) is 12.2 Å². The van der Waals surface area contributed by atoms with Crippen LogP contribution in [0, 0.1) is 23.7 Å². The van der Waals surface area contributed by atoms with E-state index in [-0.39, 0.29) is 47.9 Å². The Bertz CT molecular complexity index is 469. The molecule has 5 nitrogen and oxygen atoms in total. The zero-order valence-corrected chi connectivity index (χ0v) is 11.9. The van der Waals surface area contributed by atoms with Crippen molar-refractivity contribution in [3.63, 3.8) is 0 Å². The van der Waals surface area contributed by atoms with Crippen molar-refractivity contribution in [2.45, 2.75) is 19.8 Å². The van der Waals surface area contributed by atoms with Crippen LogP contribution < -0.4 is 0 Å². The molecular weight excluding hydrogens is 256 g/mol. The van der Waals surface area contributed by atoms with Crippen molar-refractivity contribution >= 4 is 17.7 Å². The number of likely N-dealkylation sites (N-methyl/N-ethyl adjacent to an activating group) is 1. The summed E-state index contributed by atoms with van der Waals surface area (Å²) in [7, 11) is 1.71. The summed E-state index contributed by atoms with van der Waals surface area (Å²) in [6.45, 7) is 2.54. The molecule has 1 saturated carbocycles. The molecular formula is C15H20N2O3. The summed E-state index contributed by atoms with van der Waals surface area (Å²) in [5, 5.41) is 0. The lowest BCUT2D eigenvalue weighted by molar-refractivity contribution is -0.146. The summed E-state index contributed by atoms with van der Waals surface area (Å²) in [5.41, 5.74) is 0. The highest BCUT2D eigenvalue weighted by molar-refractivity contribution is 6.08. The number of carbonyl (C=O) groups excluding carboxylic acids is 3. The third kappa shape index (κ3) is 1.79. The van der Waals surface area contributed by atoms with Gasteiger partial charge in [-0.3, -0.25) is 19.3 Å². The molecule has 20 heavy (non-hydrogen) atoms. The average Bonchev–Trinajstić information content (AvgIpc) is 3.08. The van der Waals surface area contributed by atoms with Crippen LogP contribution in [0.15, 0.2) is 12.2 Å². The van der Waals surface area contributed by atoms with E-state index in [0.717, 1.165) is 12.8 Å². The number of nitrogens with zero attached hydrogens (tertiary/aromatic N) is 2. The molecule has 0 radical (unpaired) electrons. The van der Waals surface area contributed by atoms with E-state index in [1.807, 2.05) is 6.92 Å². The topological polar surface area (TPSA) is 57.7 Å². The van der Waals surface area contributed by atoms with Gasteiger partial charge in [-0.15, -0.1) is 0 Å². The molecule has 0 aromatic rings. The normalized spacial score (nSPS) is 34.0. The van der Waals surface area contributed by atoms with Crippen molar-refractivity contribution in [1.29, 1.82) is 0 Å². The summed E-state index contributed by atoms with van der Waals surface area (Å²) in [5.74, 6) is -0.451. The maximum atomic E-state index is 12.4. The van der Waals surface area contributed by atoms with Gasteiger partial charge in [-0.25, -0.2) is 0 Å². The maximum absolute atomic E-state index is 12.4. The van der Waals surface area contributed by atoms with Crippen molar-refractivity contribution in [1.82, 2.24) is 9.80 Å². The number of likely N-dealkylation sites (tertiary alicyclic amines) is 1. The van der Waals surface area contributed by atoms with Gasteiger partial charge in [0.2, 0.25) is 17.7 Å². The highest BCUT2D eigenvalue weighted by Crippen LogP contribution is 2.52. The van der Waals surface area contributed by atoms with E-state index >= 15 is 0 Å². The molecule has 1 heterocycles. The number of hydrogen-bond donors (Lipinski definition) is 0. The summed E-state index contributed by atoms with van der Waals surface area (Å²) in [6, 6.07) is 0. The second-order valence-corrected chi connectivity index (χ2v) is 6.08. The standard InChI is InChI=1S/C15H20N2O3/c1-3-6-16(2)11(18)8-17-14(19)12-9-4-5-10(7-9)13(12)15(17)20/h4-5,9-10,12-13H,3,6-8H2,1-2H3/t9-,10-,12-,13-/m0/s1. The lowest BCUT2D eigenvalue weighted by atomic mass is 9.85. The van der Waals surface area contributed by atoms with Gasteiger partial charge in [0, 0.05) is 13.6 Å². The molecule has 4 atom stereocenters. The number of rotatable bonds is 4. The quantitative estimate of drug-likeness (QED) is 0.560. The average molecular weight is 276 g/mol. The molecule has 1 saturated heterocycles. The number of imide groups is 1. The summed E-state index contributed by atoms with van der Waals surface area (Å²) in [4.78, 5) is 39.6. The minimum Gasteiger partial charge on any atom is -0.344 e. The lowest BCUT2D eigenvalue weighted by Gasteiger charge is -2.21. The SMILES string of the molecule is CCCN(C)C(=O)CN1C(=O)[C@@H]2[C@@H](C1=O)[C@H]1C=C[C@H]2C1. The highest BCUT2D eigenvalue weighted by Gasteiger charge is 2.59. The fourth-order valence-corrected chi connectivity index (χ4v) is 3.84. The fourth-order valence-electron chi connectivity index (χ4n) is 3.84. The molecule has 0 spiro atoms. The van der Waals surface area contributed by atoms with Gasteiger partial charge < -0.3 is 4.90 Å². The summed E-state index contributed by atoms with van der Waals surface area (Å²) >= 11 is 0. The number of carbonyl (C=O) groups is 3. The Kier molecular flexibility index (Phi) is 3.15. The minimum atomic E-state index is -0.207. The van der Waals surface area contributed by atoms with E-state index in [1.54, 1.807) is 11.9 Å². The van der Waals surface area contributed by atoms with Crippen LogP contribution in [-0.4, -0.2) is 47.7 Å². The molecule has 0 aromatic carbocycles. The van der Waals surface area contributed by atoms with Crippen LogP contribution in [0.2, 0.25) is 0 Å². The summed E-state index contributed by atoms with van der Waals surface area (Å²) in [6.07, 6.45) is 5.91. The van der Waals surface area contributed by atoms with Crippen LogP contribution in [0.25, 0.3) is 0 Å². The van der Waals surface area contributed by atoms with E-state index in [1.165, 1.54) is 4.90 Å². The van der Waals surface area contributed by atoms with Crippen LogP contribution in [0.5, 0.6) is 0 Å². The minimum absolute atomic E-state index is 0.0966. The first-order valence-electron chi connectivity index (χ1n) is 7.32. The molecule has 2 aliphatic carbocycles. The van der Waals surface area contributed by atoms with Gasteiger partial charge in [0.05, 0.1) is 11.8 Å². The van der Waals surface area contributed by atoms with Gasteiger partial charge in [0.25, 0.3) is 0 Å². The number of fused-ring (bicyclic) bond motifs is 5. The van der Waals surface area contributed by atoms with Gasteiger partial charge in [-0.2, -0.15) is 0 Å². The van der Waals surface area contributed by atoms with Crippen molar-refractivity contribution < 1.29 is 14.4 Å². The first-order valence-corrected chi connectivity index (χ1v) is 7.32. The molecule has 108 valence electrons. The van der Waals surface area contributed by atoms with Crippen LogP contribution in [0.1, 0.15) is 19.8 Å². The molecule has 0 N–H and O–H groups in total. The fraction of sp³-hybridized carbons (Fsp3) is 0.667. The predicted octanol–water partition coefficient (Wildman–Crippen LogP) is 0.662. The van der Waals surface area contributed by atoms with Crippen molar-refractivity contribution in [3.05, 3.63) is 12.2 Å². The zero-order valence-electron chi connectivity index (χ0n) is 11.9. The smallest absolute Gasteiger partial charge is 0.242 e. The Hall–Kier alpha value is -1.65. The van der Waals surface area contributed by atoms with Crippen LogP contribution >= 0.6 is 0 Å². The van der Waals surface area contributed by atoms with Crippen LogP contribution in [0.3, 0.4) is 0 Å². The Morgan fingerprint density at radius 3 is 2.30 bits per heavy atom. The molecule has 3 rings (SSSR count). The predicted molar refractivity (Wildman–Crippen MR) is 72.4 cm³/mol. The van der Waals surface area contributed by atoms with Crippen LogP contribution in [0.4, 0.5) is 0 Å². The molecule has 3 amide bonds. The first-order chi connectivity index (χ1) is 9.54. The molecule has 2 bridgehead atoms.